The molecule has 21 heavy (non-hydrogen) atoms. The molecule has 1 amide bonds. The van der Waals surface area contributed by atoms with Crippen LogP contribution in [0.15, 0.2) is 40.1 Å². The zero-order valence-corrected chi connectivity index (χ0v) is 11.1. The molecule has 0 saturated carbocycles. The van der Waals surface area contributed by atoms with Crippen molar-refractivity contribution in [3.05, 3.63) is 62.7 Å². The molecule has 8 heteroatoms. The van der Waals surface area contributed by atoms with Crippen LogP contribution in [0.25, 0.3) is 0 Å². The maximum atomic E-state index is 13.1. The number of H-pyrrole nitrogens is 1. The highest BCUT2D eigenvalue weighted by molar-refractivity contribution is 5.94. The van der Waals surface area contributed by atoms with E-state index >= 15 is 0 Å². The lowest BCUT2D eigenvalue weighted by Gasteiger charge is -2.08. The Hall–Kier alpha value is -2.90. The topological polar surface area (TPSA) is 93.2 Å². The van der Waals surface area contributed by atoms with Crippen molar-refractivity contribution in [2.24, 2.45) is 0 Å². The first-order valence-corrected chi connectivity index (χ1v) is 5.93. The Kier molecular flexibility index (Phi) is 4.17. The lowest BCUT2D eigenvalue weighted by atomic mass is 10.2. The van der Waals surface area contributed by atoms with Gasteiger partial charge in [0.15, 0.2) is 0 Å². The van der Waals surface area contributed by atoms with Gasteiger partial charge in [-0.1, -0.05) is 0 Å². The zero-order valence-electron chi connectivity index (χ0n) is 11.1. The molecule has 0 fully saturated rings. The number of methoxy groups -OCH3 is 1. The van der Waals surface area contributed by atoms with Gasteiger partial charge in [-0.2, -0.15) is 4.39 Å². The Balaban J connectivity index is 2.08. The smallest absolute Gasteiger partial charge is 0.329 e. The summed E-state index contributed by atoms with van der Waals surface area (Å²) in [5.74, 6) is -0.949. The summed E-state index contributed by atoms with van der Waals surface area (Å²) >= 11 is 0. The van der Waals surface area contributed by atoms with Gasteiger partial charge < -0.3 is 10.1 Å². The number of halogens is 1. The minimum Gasteiger partial charge on any atom is -0.497 e. The van der Waals surface area contributed by atoms with Gasteiger partial charge in [0.1, 0.15) is 5.75 Å². The van der Waals surface area contributed by atoms with Crippen LogP contribution in [-0.2, 0) is 6.67 Å². The van der Waals surface area contributed by atoms with Crippen LogP contribution in [-0.4, -0.2) is 22.6 Å². The lowest BCUT2D eigenvalue weighted by molar-refractivity contribution is 0.0941. The molecule has 110 valence electrons. The second-order valence-corrected chi connectivity index (χ2v) is 4.10. The van der Waals surface area contributed by atoms with Gasteiger partial charge in [-0.25, -0.2) is 4.79 Å². The molecule has 0 aliphatic rings. The molecule has 1 heterocycles. The molecule has 0 bridgehead atoms. The Morgan fingerprint density at radius 1 is 1.33 bits per heavy atom. The van der Waals surface area contributed by atoms with E-state index in [4.69, 9.17) is 4.74 Å². The molecule has 2 aromatic rings. The molecule has 2 N–H and O–H groups in total. The zero-order chi connectivity index (χ0) is 15.4. The third-order valence-corrected chi connectivity index (χ3v) is 2.73. The van der Waals surface area contributed by atoms with Crippen molar-refractivity contribution in [2.45, 2.75) is 6.67 Å². The van der Waals surface area contributed by atoms with Crippen LogP contribution in [0.4, 0.5) is 4.39 Å². The number of aromatic amines is 1. The molecule has 2 rings (SSSR count). The number of aromatic nitrogens is 2. The van der Waals surface area contributed by atoms with E-state index in [-0.39, 0.29) is 6.67 Å². The Morgan fingerprint density at radius 2 is 2.00 bits per heavy atom. The van der Waals surface area contributed by atoms with Crippen LogP contribution in [0.5, 0.6) is 5.75 Å². The van der Waals surface area contributed by atoms with Crippen molar-refractivity contribution in [2.75, 3.05) is 7.11 Å². The van der Waals surface area contributed by atoms with Crippen molar-refractivity contribution < 1.29 is 13.9 Å². The highest BCUT2D eigenvalue weighted by Crippen LogP contribution is 2.10. The Morgan fingerprint density at radius 3 is 2.62 bits per heavy atom. The third-order valence-electron chi connectivity index (χ3n) is 2.73. The molecule has 0 spiro atoms. The number of ether oxygens (including phenoxy) is 1. The van der Waals surface area contributed by atoms with Crippen LogP contribution in [0.2, 0.25) is 0 Å². The normalized spacial score (nSPS) is 10.2. The number of hydrogen-bond acceptors (Lipinski definition) is 4. The van der Waals surface area contributed by atoms with E-state index < -0.39 is 23.0 Å². The fraction of sp³-hybridized carbons (Fsp3) is 0.154. The van der Waals surface area contributed by atoms with E-state index in [0.29, 0.717) is 11.3 Å². The molecular formula is C13H12FN3O4. The SMILES string of the molecule is COc1ccc(C(=O)NCn2cc(F)c(=O)[nH]c2=O)cc1. The van der Waals surface area contributed by atoms with E-state index in [1.165, 1.54) is 7.11 Å². The average Bonchev–Trinajstić information content (AvgIpc) is 2.49. The molecule has 0 radical (unpaired) electrons. The first-order chi connectivity index (χ1) is 10.0. The van der Waals surface area contributed by atoms with Crippen molar-refractivity contribution >= 4 is 5.91 Å². The molecule has 0 unspecified atom stereocenters. The number of hydrogen-bond donors (Lipinski definition) is 2. The minimum absolute atomic E-state index is 0.266. The summed E-state index contributed by atoms with van der Waals surface area (Å²) in [6, 6.07) is 6.32. The Bertz CT molecular complexity index is 764. The second-order valence-electron chi connectivity index (χ2n) is 4.10. The number of carbonyl (C=O) groups excluding carboxylic acids is 1. The predicted molar refractivity (Wildman–Crippen MR) is 71.7 cm³/mol. The first kappa shape index (κ1) is 14.5. The second kappa shape index (κ2) is 6.04. The largest absolute Gasteiger partial charge is 0.497 e. The van der Waals surface area contributed by atoms with Crippen molar-refractivity contribution in [3.8, 4) is 5.75 Å². The molecule has 0 atom stereocenters. The monoisotopic (exact) mass is 293 g/mol. The highest BCUT2D eigenvalue weighted by Gasteiger charge is 2.07. The van der Waals surface area contributed by atoms with Crippen molar-refractivity contribution in [3.63, 3.8) is 0 Å². The van der Waals surface area contributed by atoms with Crippen LogP contribution in [0.1, 0.15) is 10.4 Å². The summed E-state index contributed by atoms with van der Waals surface area (Å²) in [5.41, 5.74) is -1.55. The van der Waals surface area contributed by atoms with E-state index in [1.807, 2.05) is 0 Å². The molecule has 7 nitrogen and oxygen atoms in total. The molecule has 1 aromatic carbocycles. The molecule has 0 aliphatic heterocycles. The van der Waals surface area contributed by atoms with Gasteiger partial charge in [-0.15, -0.1) is 0 Å². The van der Waals surface area contributed by atoms with Crippen molar-refractivity contribution in [1.29, 1.82) is 0 Å². The summed E-state index contributed by atoms with van der Waals surface area (Å²) < 4.78 is 18.9. The summed E-state index contributed by atoms with van der Waals surface area (Å²) in [7, 11) is 1.51. The number of nitrogens with zero attached hydrogens (tertiary/aromatic N) is 1. The van der Waals surface area contributed by atoms with Gasteiger partial charge in [0, 0.05) is 5.56 Å². The van der Waals surface area contributed by atoms with E-state index in [9.17, 15) is 18.8 Å². The maximum absolute atomic E-state index is 13.1. The van der Waals surface area contributed by atoms with Crippen LogP contribution >= 0.6 is 0 Å². The van der Waals surface area contributed by atoms with Crippen LogP contribution < -0.4 is 21.3 Å². The molecular weight excluding hydrogens is 281 g/mol. The van der Waals surface area contributed by atoms with Gasteiger partial charge in [0.05, 0.1) is 20.0 Å². The molecule has 0 aliphatic carbocycles. The van der Waals surface area contributed by atoms with Gasteiger partial charge in [0.25, 0.3) is 11.5 Å². The maximum Gasteiger partial charge on any atom is 0.329 e. The fourth-order valence-electron chi connectivity index (χ4n) is 1.60. The highest BCUT2D eigenvalue weighted by atomic mass is 19.1. The molecule has 0 saturated heterocycles. The summed E-state index contributed by atoms with van der Waals surface area (Å²) in [5, 5.41) is 2.43. The third kappa shape index (κ3) is 3.35. The van der Waals surface area contributed by atoms with E-state index in [1.54, 1.807) is 29.2 Å². The number of benzene rings is 1. The molecule has 1 aromatic heterocycles. The average molecular weight is 293 g/mol. The standard InChI is InChI=1S/C13H12FN3O4/c1-21-9-4-2-8(3-5-9)11(18)15-7-17-6-10(14)12(19)16-13(17)20/h2-6H,7H2,1H3,(H,15,18)(H,16,19,20). The van der Waals surface area contributed by atoms with Gasteiger partial charge in [-0.05, 0) is 24.3 Å². The first-order valence-electron chi connectivity index (χ1n) is 5.93. The number of carbonyl (C=O) groups is 1. The number of nitrogens with one attached hydrogen (secondary N) is 2. The van der Waals surface area contributed by atoms with Crippen LogP contribution in [0, 0.1) is 5.82 Å². The fourth-order valence-corrected chi connectivity index (χ4v) is 1.60. The quantitative estimate of drug-likeness (QED) is 0.834. The van der Waals surface area contributed by atoms with Gasteiger partial charge >= 0.3 is 5.69 Å². The van der Waals surface area contributed by atoms with Crippen LogP contribution in [0.3, 0.4) is 0 Å². The van der Waals surface area contributed by atoms with Gasteiger partial charge in [-0.3, -0.25) is 19.1 Å². The van der Waals surface area contributed by atoms with E-state index in [2.05, 4.69) is 5.32 Å². The van der Waals surface area contributed by atoms with Crippen molar-refractivity contribution in [1.82, 2.24) is 14.9 Å². The van der Waals surface area contributed by atoms with Gasteiger partial charge in [0.2, 0.25) is 5.82 Å². The summed E-state index contributed by atoms with van der Waals surface area (Å²) in [6.45, 7) is -0.266. The Labute approximate surface area is 118 Å². The predicted octanol–water partition coefficient (Wildman–Crippen LogP) is 0.0718. The number of rotatable bonds is 4. The summed E-state index contributed by atoms with van der Waals surface area (Å²) in [4.78, 5) is 35.9. The number of amides is 1. The van der Waals surface area contributed by atoms with E-state index in [0.717, 1.165) is 10.8 Å². The lowest BCUT2D eigenvalue weighted by Crippen LogP contribution is -2.37. The minimum atomic E-state index is -1.10. The summed E-state index contributed by atoms with van der Waals surface area (Å²) in [6.07, 6.45) is 0.732.